The number of nitrogens with zero attached hydrogens (tertiary/aromatic N) is 2. The first kappa shape index (κ1) is 12.7. The Morgan fingerprint density at radius 3 is 2.78 bits per heavy atom. The molecule has 0 saturated carbocycles. The van der Waals surface area contributed by atoms with Crippen LogP contribution >= 0.6 is 0 Å². The smallest absolute Gasteiger partial charge is 0.125 e. The normalized spacial score (nSPS) is 12.4. The van der Waals surface area contributed by atoms with E-state index in [1.54, 1.807) is 6.20 Å². The zero-order chi connectivity index (χ0) is 13.0. The molecule has 94 valence electrons. The standard InChI is InChI=1S/C14H18N4/c1-10-4-3-5-12(8-10)9-14(18-15)13-6-7-16-11(2)17-13/h3-8,14,18H,9,15H2,1-2H3. The molecule has 3 N–H and O–H groups in total. The van der Waals surface area contributed by atoms with Crippen molar-refractivity contribution in [3.8, 4) is 0 Å². The first-order valence-electron chi connectivity index (χ1n) is 6.00. The molecule has 0 bridgehead atoms. The number of hydrazine groups is 1. The first-order valence-corrected chi connectivity index (χ1v) is 6.00. The topological polar surface area (TPSA) is 63.8 Å². The maximum Gasteiger partial charge on any atom is 0.125 e. The highest BCUT2D eigenvalue weighted by molar-refractivity contribution is 5.24. The van der Waals surface area contributed by atoms with Gasteiger partial charge < -0.3 is 0 Å². The number of aryl methyl sites for hydroxylation is 2. The summed E-state index contributed by atoms with van der Waals surface area (Å²) < 4.78 is 0. The number of aromatic nitrogens is 2. The molecule has 2 aromatic rings. The molecule has 1 aromatic carbocycles. The van der Waals surface area contributed by atoms with Gasteiger partial charge in [-0.3, -0.25) is 11.3 Å². The zero-order valence-corrected chi connectivity index (χ0v) is 10.7. The minimum atomic E-state index is 0.00787. The van der Waals surface area contributed by atoms with Gasteiger partial charge in [0.05, 0.1) is 11.7 Å². The number of benzene rings is 1. The van der Waals surface area contributed by atoms with Crippen LogP contribution in [0.4, 0.5) is 0 Å². The van der Waals surface area contributed by atoms with E-state index in [0.717, 1.165) is 17.9 Å². The highest BCUT2D eigenvalue weighted by Gasteiger charge is 2.12. The van der Waals surface area contributed by atoms with Gasteiger partial charge in [0.15, 0.2) is 0 Å². The van der Waals surface area contributed by atoms with E-state index in [4.69, 9.17) is 5.84 Å². The lowest BCUT2D eigenvalue weighted by Gasteiger charge is -2.15. The molecular formula is C14H18N4. The number of hydrogen-bond acceptors (Lipinski definition) is 4. The summed E-state index contributed by atoms with van der Waals surface area (Å²) in [6.07, 6.45) is 2.58. The quantitative estimate of drug-likeness (QED) is 0.634. The summed E-state index contributed by atoms with van der Waals surface area (Å²) in [5, 5.41) is 0. The van der Waals surface area contributed by atoms with Crippen molar-refractivity contribution in [2.45, 2.75) is 26.3 Å². The van der Waals surface area contributed by atoms with E-state index < -0.39 is 0 Å². The van der Waals surface area contributed by atoms with Crippen molar-refractivity contribution in [1.29, 1.82) is 0 Å². The van der Waals surface area contributed by atoms with Crippen molar-refractivity contribution in [1.82, 2.24) is 15.4 Å². The molecule has 0 saturated heterocycles. The molecule has 4 heteroatoms. The van der Waals surface area contributed by atoms with Gasteiger partial charge in [-0.2, -0.15) is 0 Å². The summed E-state index contributed by atoms with van der Waals surface area (Å²) >= 11 is 0. The van der Waals surface area contributed by atoms with Crippen LogP contribution in [0.1, 0.15) is 28.7 Å². The second-order valence-corrected chi connectivity index (χ2v) is 4.44. The minimum Gasteiger partial charge on any atom is -0.271 e. The van der Waals surface area contributed by atoms with Crippen LogP contribution in [0.3, 0.4) is 0 Å². The molecule has 4 nitrogen and oxygen atoms in total. The van der Waals surface area contributed by atoms with E-state index in [1.807, 2.05) is 13.0 Å². The number of hydrogen-bond donors (Lipinski definition) is 2. The molecule has 2 rings (SSSR count). The van der Waals surface area contributed by atoms with E-state index in [2.05, 4.69) is 46.6 Å². The van der Waals surface area contributed by atoms with Crippen LogP contribution in [-0.2, 0) is 6.42 Å². The summed E-state index contributed by atoms with van der Waals surface area (Å²) in [4.78, 5) is 8.51. The zero-order valence-electron chi connectivity index (χ0n) is 10.7. The fourth-order valence-electron chi connectivity index (χ4n) is 1.99. The molecule has 0 aliphatic heterocycles. The first-order chi connectivity index (χ1) is 8.69. The Labute approximate surface area is 107 Å². The van der Waals surface area contributed by atoms with Crippen molar-refractivity contribution in [3.05, 3.63) is 59.2 Å². The van der Waals surface area contributed by atoms with Gasteiger partial charge in [-0.1, -0.05) is 29.8 Å². The van der Waals surface area contributed by atoms with Gasteiger partial charge in [0.2, 0.25) is 0 Å². The third kappa shape index (κ3) is 3.12. The summed E-state index contributed by atoms with van der Waals surface area (Å²) in [5.41, 5.74) is 6.24. The lowest BCUT2D eigenvalue weighted by Crippen LogP contribution is -2.30. The van der Waals surface area contributed by atoms with Gasteiger partial charge in [0, 0.05) is 6.20 Å². The second-order valence-electron chi connectivity index (χ2n) is 4.44. The van der Waals surface area contributed by atoms with Crippen LogP contribution in [-0.4, -0.2) is 9.97 Å². The molecule has 0 radical (unpaired) electrons. The van der Waals surface area contributed by atoms with E-state index in [1.165, 1.54) is 11.1 Å². The summed E-state index contributed by atoms with van der Waals surface area (Å²) in [7, 11) is 0. The Kier molecular flexibility index (Phi) is 4.02. The third-order valence-electron chi connectivity index (χ3n) is 2.88. The maximum atomic E-state index is 5.63. The molecule has 1 atom stereocenters. The van der Waals surface area contributed by atoms with Crippen LogP contribution in [0.2, 0.25) is 0 Å². The minimum absolute atomic E-state index is 0.00787. The van der Waals surface area contributed by atoms with E-state index in [0.29, 0.717) is 0 Å². The summed E-state index contributed by atoms with van der Waals surface area (Å²) in [6.45, 7) is 3.97. The largest absolute Gasteiger partial charge is 0.271 e. The van der Waals surface area contributed by atoms with Crippen LogP contribution < -0.4 is 11.3 Å². The van der Waals surface area contributed by atoms with Crippen molar-refractivity contribution in [2.24, 2.45) is 5.84 Å². The molecule has 1 aromatic heterocycles. The lowest BCUT2D eigenvalue weighted by molar-refractivity contribution is 0.535. The Balaban J connectivity index is 2.19. The van der Waals surface area contributed by atoms with Gasteiger partial charge in [-0.25, -0.2) is 9.97 Å². The molecule has 18 heavy (non-hydrogen) atoms. The Bertz CT molecular complexity index is 525. The number of nitrogens with two attached hydrogens (primary N) is 1. The summed E-state index contributed by atoms with van der Waals surface area (Å²) in [5.74, 6) is 6.39. The monoisotopic (exact) mass is 242 g/mol. The number of nitrogens with one attached hydrogen (secondary N) is 1. The molecule has 0 aliphatic carbocycles. The predicted molar refractivity (Wildman–Crippen MR) is 71.7 cm³/mol. The molecule has 0 aliphatic rings. The third-order valence-corrected chi connectivity index (χ3v) is 2.88. The molecule has 0 spiro atoms. The average Bonchev–Trinajstić information content (AvgIpc) is 2.36. The van der Waals surface area contributed by atoms with Crippen molar-refractivity contribution >= 4 is 0 Å². The van der Waals surface area contributed by atoms with Crippen molar-refractivity contribution in [3.63, 3.8) is 0 Å². The van der Waals surface area contributed by atoms with Crippen LogP contribution in [0, 0.1) is 13.8 Å². The fraction of sp³-hybridized carbons (Fsp3) is 0.286. The average molecular weight is 242 g/mol. The van der Waals surface area contributed by atoms with Crippen LogP contribution in [0.15, 0.2) is 36.5 Å². The van der Waals surface area contributed by atoms with Gasteiger partial charge >= 0.3 is 0 Å². The van der Waals surface area contributed by atoms with E-state index in [-0.39, 0.29) is 6.04 Å². The SMILES string of the molecule is Cc1cccc(CC(NN)c2ccnc(C)n2)c1. The maximum absolute atomic E-state index is 5.63. The van der Waals surface area contributed by atoms with Gasteiger partial charge in [-0.15, -0.1) is 0 Å². The van der Waals surface area contributed by atoms with Crippen molar-refractivity contribution < 1.29 is 0 Å². The van der Waals surface area contributed by atoms with Crippen LogP contribution in [0.5, 0.6) is 0 Å². The molecule has 0 fully saturated rings. The molecular weight excluding hydrogens is 224 g/mol. The van der Waals surface area contributed by atoms with E-state index in [9.17, 15) is 0 Å². The van der Waals surface area contributed by atoms with Crippen molar-refractivity contribution in [2.75, 3.05) is 0 Å². The van der Waals surface area contributed by atoms with Gasteiger partial charge in [0.1, 0.15) is 5.82 Å². The molecule has 0 amide bonds. The predicted octanol–water partition coefficient (Wildman–Crippen LogP) is 1.84. The van der Waals surface area contributed by atoms with E-state index >= 15 is 0 Å². The fourth-order valence-corrected chi connectivity index (χ4v) is 1.99. The molecule has 1 heterocycles. The lowest BCUT2D eigenvalue weighted by atomic mass is 10.0. The Morgan fingerprint density at radius 2 is 2.11 bits per heavy atom. The van der Waals surface area contributed by atoms with Crippen LogP contribution in [0.25, 0.3) is 0 Å². The van der Waals surface area contributed by atoms with Gasteiger partial charge in [0.25, 0.3) is 0 Å². The highest BCUT2D eigenvalue weighted by Crippen LogP contribution is 2.16. The number of rotatable bonds is 4. The highest BCUT2D eigenvalue weighted by atomic mass is 15.2. The Hall–Kier alpha value is -1.78. The molecule has 1 unspecified atom stereocenters. The second kappa shape index (κ2) is 5.71. The summed E-state index contributed by atoms with van der Waals surface area (Å²) in [6, 6.07) is 10.3. The Morgan fingerprint density at radius 1 is 1.28 bits per heavy atom. The van der Waals surface area contributed by atoms with Gasteiger partial charge in [-0.05, 0) is 31.9 Å².